The number of hydrogen-bond acceptors (Lipinski definition) is 8. The van der Waals surface area contributed by atoms with Crippen LogP contribution in [0.5, 0.6) is 0 Å². The molecule has 13 heteroatoms. The Bertz CT molecular complexity index is 1230. The standard InChI is InChI=1S/C21H23BrClFN6O3S/c1-4-33-20(32)18-17(19-25-9-26-29(19)3)28-21(34-18)30-6-5-11(12(24)8-30)7-13(31)16-15(23)14(22)10(2)27-16/h9,11-12,27H,4-8H2,1-3H3/t11-,12-/m0/s1. The van der Waals surface area contributed by atoms with Crippen LogP contribution >= 0.6 is 38.9 Å². The summed E-state index contributed by atoms with van der Waals surface area (Å²) in [5.41, 5.74) is 1.40. The monoisotopic (exact) mass is 572 g/mol. The van der Waals surface area contributed by atoms with E-state index in [0.717, 1.165) is 17.0 Å². The normalized spacial score (nSPS) is 18.4. The minimum Gasteiger partial charge on any atom is -0.462 e. The molecule has 4 heterocycles. The number of hydrogen-bond donors (Lipinski definition) is 1. The van der Waals surface area contributed by atoms with Gasteiger partial charge in [-0.05, 0) is 36.2 Å². The molecule has 1 aliphatic heterocycles. The first kappa shape index (κ1) is 24.8. The van der Waals surface area contributed by atoms with Gasteiger partial charge < -0.3 is 14.6 Å². The molecule has 3 aromatic rings. The summed E-state index contributed by atoms with van der Waals surface area (Å²) in [5, 5.41) is 4.87. The Morgan fingerprint density at radius 3 is 2.79 bits per heavy atom. The molecule has 0 aliphatic carbocycles. The van der Waals surface area contributed by atoms with E-state index in [-0.39, 0.29) is 25.4 Å². The van der Waals surface area contributed by atoms with E-state index in [1.54, 1.807) is 25.8 Å². The molecule has 2 atom stereocenters. The molecule has 9 nitrogen and oxygen atoms in total. The maximum Gasteiger partial charge on any atom is 0.350 e. The summed E-state index contributed by atoms with van der Waals surface area (Å²) in [7, 11) is 1.70. The van der Waals surface area contributed by atoms with Crippen molar-refractivity contribution in [2.45, 2.75) is 32.9 Å². The molecule has 4 rings (SSSR count). The third-order valence-electron chi connectivity index (χ3n) is 5.73. The van der Waals surface area contributed by atoms with Crippen molar-refractivity contribution in [3.8, 4) is 11.5 Å². The van der Waals surface area contributed by atoms with Gasteiger partial charge in [-0.1, -0.05) is 22.9 Å². The average molecular weight is 574 g/mol. The fraction of sp³-hybridized carbons (Fsp3) is 0.476. The predicted molar refractivity (Wildman–Crippen MR) is 130 cm³/mol. The molecule has 1 N–H and O–H groups in total. The van der Waals surface area contributed by atoms with E-state index in [1.165, 1.54) is 11.0 Å². The van der Waals surface area contributed by atoms with Crippen LogP contribution in [0, 0.1) is 12.8 Å². The number of rotatable bonds is 7. The van der Waals surface area contributed by atoms with Crippen molar-refractivity contribution >= 4 is 55.8 Å². The van der Waals surface area contributed by atoms with Crippen LogP contribution < -0.4 is 4.90 Å². The van der Waals surface area contributed by atoms with E-state index in [2.05, 4.69) is 36.0 Å². The number of carbonyl (C=O) groups is 2. The fourth-order valence-corrected chi connectivity index (χ4v) is 5.48. The molecule has 0 radical (unpaired) electrons. The van der Waals surface area contributed by atoms with Crippen LogP contribution in [0.1, 0.15) is 45.6 Å². The van der Waals surface area contributed by atoms with Crippen LogP contribution in [0.25, 0.3) is 11.5 Å². The first-order valence-electron chi connectivity index (χ1n) is 10.7. The molecular formula is C21H23BrClFN6O3S. The fourth-order valence-electron chi connectivity index (χ4n) is 3.90. The Kier molecular flexibility index (Phi) is 7.39. The number of H-pyrrole nitrogens is 1. The van der Waals surface area contributed by atoms with E-state index in [1.807, 2.05) is 0 Å². The molecule has 3 aromatic heterocycles. The number of nitrogens with zero attached hydrogens (tertiary/aromatic N) is 5. The minimum absolute atomic E-state index is 0.0528. The molecule has 1 fully saturated rings. The summed E-state index contributed by atoms with van der Waals surface area (Å²) < 4.78 is 22.5. The summed E-state index contributed by atoms with van der Waals surface area (Å²) in [6.07, 6.45) is 0.639. The van der Waals surface area contributed by atoms with Gasteiger partial charge in [-0.15, -0.1) is 0 Å². The first-order chi connectivity index (χ1) is 16.2. The maximum absolute atomic E-state index is 15.2. The zero-order valence-electron chi connectivity index (χ0n) is 18.8. The van der Waals surface area contributed by atoms with Crippen LogP contribution in [0.4, 0.5) is 9.52 Å². The number of aryl methyl sites for hydroxylation is 2. The second-order valence-electron chi connectivity index (χ2n) is 7.99. The Balaban J connectivity index is 1.50. The van der Waals surface area contributed by atoms with Crippen molar-refractivity contribution in [1.82, 2.24) is 24.7 Å². The van der Waals surface area contributed by atoms with E-state index in [9.17, 15) is 9.59 Å². The Morgan fingerprint density at radius 1 is 1.44 bits per heavy atom. The van der Waals surface area contributed by atoms with Crippen molar-refractivity contribution in [2.75, 3.05) is 24.6 Å². The summed E-state index contributed by atoms with van der Waals surface area (Å²) in [5.74, 6) is -0.744. The number of carbonyl (C=O) groups excluding carboxylic acids is 2. The van der Waals surface area contributed by atoms with Crippen molar-refractivity contribution in [2.24, 2.45) is 13.0 Å². The van der Waals surface area contributed by atoms with E-state index >= 15 is 4.39 Å². The Labute approximate surface area is 212 Å². The molecule has 0 bridgehead atoms. The van der Waals surface area contributed by atoms with Crippen LogP contribution in [0.2, 0.25) is 5.02 Å². The smallest absolute Gasteiger partial charge is 0.350 e. The number of ketones is 1. The number of anilines is 1. The van der Waals surface area contributed by atoms with Gasteiger partial charge in [0.25, 0.3) is 0 Å². The lowest BCUT2D eigenvalue weighted by Gasteiger charge is -2.34. The van der Waals surface area contributed by atoms with Crippen molar-refractivity contribution in [1.29, 1.82) is 0 Å². The lowest BCUT2D eigenvalue weighted by atomic mass is 9.89. The molecule has 0 spiro atoms. The second-order valence-corrected chi connectivity index (χ2v) is 10.1. The van der Waals surface area contributed by atoms with Gasteiger partial charge in [0.15, 0.2) is 16.7 Å². The van der Waals surface area contributed by atoms with Crippen LogP contribution in [-0.2, 0) is 11.8 Å². The van der Waals surface area contributed by atoms with E-state index in [4.69, 9.17) is 16.3 Å². The Hall–Kier alpha value is -2.31. The van der Waals surface area contributed by atoms with Crippen molar-refractivity contribution in [3.05, 3.63) is 32.1 Å². The van der Waals surface area contributed by atoms with E-state index < -0.39 is 18.1 Å². The summed E-state index contributed by atoms with van der Waals surface area (Å²) >= 11 is 10.7. The molecule has 1 aliphatic rings. The molecule has 34 heavy (non-hydrogen) atoms. The van der Waals surface area contributed by atoms with E-state index in [0.29, 0.717) is 49.7 Å². The molecule has 0 saturated carbocycles. The van der Waals surface area contributed by atoms with Gasteiger partial charge in [-0.2, -0.15) is 5.10 Å². The quantitative estimate of drug-likeness (QED) is 0.325. The van der Waals surface area contributed by atoms with Gasteiger partial charge in [0.2, 0.25) is 0 Å². The number of piperidine rings is 1. The number of Topliss-reactive ketones (excluding diaryl/α,β-unsaturated/α-hetero) is 1. The van der Waals surface area contributed by atoms with Gasteiger partial charge >= 0.3 is 5.97 Å². The van der Waals surface area contributed by atoms with Gasteiger partial charge in [-0.25, -0.2) is 23.8 Å². The van der Waals surface area contributed by atoms with Gasteiger partial charge in [0.1, 0.15) is 28.8 Å². The number of halogens is 3. The third kappa shape index (κ3) is 4.76. The first-order valence-corrected chi connectivity index (χ1v) is 12.7. The summed E-state index contributed by atoms with van der Waals surface area (Å²) in [6.45, 7) is 4.30. The highest BCUT2D eigenvalue weighted by Gasteiger charge is 2.34. The lowest BCUT2D eigenvalue weighted by molar-refractivity contribution is 0.0532. The van der Waals surface area contributed by atoms with Crippen LogP contribution in [0.15, 0.2) is 10.8 Å². The highest BCUT2D eigenvalue weighted by Crippen LogP contribution is 2.37. The second kappa shape index (κ2) is 10.1. The van der Waals surface area contributed by atoms with Crippen LogP contribution in [0.3, 0.4) is 0 Å². The Morgan fingerprint density at radius 2 is 2.21 bits per heavy atom. The van der Waals surface area contributed by atoms with Crippen molar-refractivity contribution < 1.29 is 18.7 Å². The molecule has 0 aromatic carbocycles. The van der Waals surface area contributed by atoms with Gasteiger partial charge in [-0.3, -0.25) is 4.79 Å². The minimum atomic E-state index is -1.25. The SMILES string of the molecule is CCOC(=O)c1sc(N2CC[C@@H](CC(=O)c3[nH]c(C)c(Br)c3Cl)[C@@H](F)C2)nc1-c1ncnn1C. The number of ether oxygens (including phenoxy) is 1. The van der Waals surface area contributed by atoms with Crippen molar-refractivity contribution in [3.63, 3.8) is 0 Å². The number of esters is 1. The molecule has 0 amide bonds. The van der Waals surface area contributed by atoms with Gasteiger partial charge in [0.05, 0.1) is 22.6 Å². The highest BCUT2D eigenvalue weighted by molar-refractivity contribution is 9.10. The third-order valence-corrected chi connectivity index (χ3v) is 8.42. The highest BCUT2D eigenvalue weighted by atomic mass is 79.9. The number of aromatic nitrogens is 5. The lowest BCUT2D eigenvalue weighted by Crippen LogP contribution is -2.42. The molecular weight excluding hydrogens is 551 g/mol. The zero-order valence-corrected chi connectivity index (χ0v) is 21.9. The molecule has 182 valence electrons. The van der Waals surface area contributed by atoms with Gasteiger partial charge in [0, 0.05) is 31.6 Å². The number of nitrogens with one attached hydrogen (secondary N) is 1. The predicted octanol–water partition coefficient (Wildman–Crippen LogP) is 4.61. The zero-order chi connectivity index (χ0) is 24.6. The number of alkyl halides is 1. The molecule has 0 unspecified atom stereocenters. The largest absolute Gasteiger partial charge is 0.462 e. The topological polar surface area (TPSA) is 106 Å². The molecule has 1 saturated heterocycles. The average Bonchev–Trinajstić information content (AvgIpc) is 3.49. The number of aromatic amines is 1. The summed E-state index contributed by atoms with van der Waals surface area (Å²) in [6, 6.07) is 0. The summed E-state index contributed by atoms with van der Waals surface area (Å²) in [4.78, 5) is 39.1. The van der Waals surface area contributed by atoms with Crippen LogP contribution in [-0.4, -0.2) is 62.4 Å². The maximum atomic E-state index is 15.2. The number of thiazole rings is 1.